The average molecular weight is 209 g/mol. The summed E-state index contributed by atoms with van der Waals surface area (Å²) in [5, 5.41) is 7.74. The second-order valence-corrected chi connectivity index (χ2v) is 3.97. The Labute approximate surface area is 92.9 Å². The third-order valence-corrected chi connectivity index (χ3v) is 3.17. The predicted octanol–water partition coefficient (Wildman–Crippen LogP) is 2.60. The molecule has 0 aliphatic carbocycles. The van der Waals surface area contributed by atoms with Gasteiger partial charge in [-0.1, -0.05) is 26.7 Å². The first-order valence-corrected chi connectivity index (χ1v) is 5.96. The number of nitrogens with zero attached hydrogens (tertiary/aromatic N) is 2. The van der Waals surface area contributed by atoms with E-state index < -0.39 is 0 Å². The number of rotatable bonds is 6. The standard InChI is InChI=1S/C12H23N3/c1-5-10(6-2)12(13-4)11-8-14-15(7-3)9-11/h8-10,12-13H,5-7H2,1-4H3. The van der Waals surface area contributed by atoms with Crippen LogP contribution in [0.15, 0.2) is 12.4 Å². The summed E-state index contributed by atoms with van der Waals surface area (Å²) >= 11 is 0. The maximum absolute atomic E-state index is 4.33. The van der Waals surface area contributed by atoms with Gasteiger partial charge in [0.05, 0.1) is 6.20 Å². The molecule has 3 heteroatoms. The van der Waals surface area contributed by atoms with Crippen LogP contribution in [0.5, 0.6) is 0 Å². The van der Waals surface area contributed by atoms with E-state index in [1.807, 2.05) is 17.9 Å². The molecular weight excluding hydrogens is 186 g/mol. The Morgan fingerprint density at radius 3 is 2.40 bits per heavy atom. The number of nitrogens with one attached hydrogen (secondary N) is 1. The zero-order valence-electron chi connectivity index (χ0n) is 10.3. The first kappa shape index (κ1) is 12.2. The molecule has 15 heavy (non-hydrogen) atoms. The van der Waals surface area contributed by atoms with Gasteiger partial charge in [-0.2, -0.15) is 5.10 Å². The molecular formula is C12H23N3. The Morgan fingerprint density at radius 2 is 2.00 bits per heavy atom. The second-order valence-electron chi connectivity index (χ2n) is 3.97. The highest BCUT2D eigenvalue weighted by Crippen LogP contribution is 2.26. The Morgan fingerprint density at radius 1 is 1.33 bits per heavy atom. The summed E-state index contributed by atoms with van der Waals surface area (Å²) in [7, 11) is 2.03. The van der Waals surface area contributed by atoms with Gasteiger partial charge in [-0.15, -0.1) is 0 Å². The molecule has 0 aromatic carbocycles. The van der Waals surface area contributed by atoms with E-state index in [0.29, 0.717) is 12.0 Å². The van der Waals surface area contributed by atoms with Crippen molar-refractivity contribution in [3.05, 3.63) is 18.0 Å². The molecule has 3 nitrogen and oxygen atoms in total. The quantitative estimate of drug-likeness (QED) is 0.780. The van der Waals surface area contributed by atoms with Crippen molar-refractivity contribution in [2.24, 2.45) is 5.92 Å². The summed E-state index contributed by atoms with van der Waals surface area (Å²) in [5.74, 6) is 0.699. The zero-order valence-corrected chi connectivity index (χ0v) is 10.3. The van der Waals surface area contributed by atoms with E-state index in [9.17, 15) is 0 Å². The zero-order chi connectivity index (χ0) is 11.3. The van der Waals surface area contributed by atoms with Crippen LogP contribution in [0.25, 0.3) is 0 Å². The number of hydrogen-bond donors (Lipinski definition) is 1. The van der Waals surface area contributed by atoms with Crippen molar-refractivity contribution in [1.82, 2.24) is 15.1 Å². The first-order chi connectivity index (χ1) is 7.26. The molecule has 1 aromatic rings. The van der Waals surface area contributed by atoms with Crippen molar-refractivity contribution in [2.75, 3.05) is 7.05 Å². The summed E-state index contributed by atoms with van der Waals surface area (Å²) < 4.78 is 1.99. The van der Waals surface area contributed by atoms with Crippen LogP contribution in [0, 0.1) is 5.92 Å². The van der Waals surface area contributed by atoms with Gasteiger partial charge < -0.3 is 5.32 Å². The molecule has 0 bridgehead atoms. The van der Waals surface area contributed by atoms with Crippen LogP contribution in [0.3, 0.4) is 0 Å². The van der Waals surface area contributed by atoms with Gasteiger partial charge >= 0.3 is 0 Å². The van der Waals surface area contributed by atoms with Crippen LogP contribution >= 0.6 is 0 Å². The molecule has 0 amide bonds. The molecule has 0 spiro atoms. The molecule has 1 heterocycles. The minimum atomic E-state index is 0.445. The highest BCUT2D eigenvalue weighted by molar-refractivity contribution is 5.11. The van der Waals surface area contributed by atoms with E-state index in [-0.39, 0.29) is 0 Å². The summed E-state index contributed by atoms with van der Waals surface area (Å²) in [6, 6.07) is 0.445. The SMILES string of the molecule is CCC(CC)C(NC)c1cnn(CC)c1. The summed E-state index contributed by atoms with van der Waals surface area (Å²) in [4.78, 5) is 0. The van der Waals surface area contributed by atoms with Crippen molar-refractivity contribution in [3.63, 3.8) is 0 Å². The molecule has 1 N–H and O–H groups in total. The minimum Gasteiger partial charge on any atom is -0.313 e. The molecule has 1 rings (SSSR count). The van der Waals surface area contributed by atoms with E-state index in [0.717, 1.165) is 6.54 Å². The van der Waals surface area contributed by atoms with Crippen LogP contribution in [-0.4, -0.2) is 16.8 Å². The Bertz CT molecular complexity index is 276. The number of aromatic nitrogens is 2. The van der Waals surface area contributed by atoms with Gasteiger partial charge in [0, 0.05) is 24.3 Å². The van der Waals surface area contributed by atoms with Gasteiger partial charge in [0.25, 0.3) is 0 Å². The average Bonchev–Trinajstić information content (AvgIpc) is 2.73. The van der Waals surface area contributed by atoms with Crippen LogP contribution in [0.2, 0.25) is 0 Å². The molecule has 0 radical (unpaired) electrons. The normalized spacial score (nSPS) is 13.4. The molecule has 0 saturated heterocycles. The monoisotopic (exact) mass is 209 g/mol. The lowest BCUT2D eigenvalue weighted by Gasteiger charge is -2.23. The molecule has 1 aromatic heterocycles. The van der Waals surface area contributed by atoms with E-state index in [2.05, 4.69) is 37.4 Å². The summed E-state index contributed by atoms with van der Waals surface area (Å²) in [5.41, 5.74) is 1.31. The van der Waals surface area contributed by atoms with Gasteiger partial charge in [-0.25, -0.2) is 0 Å². The Hall–Kier alpha value is -0.830. The molecule has 0 aliphatic heterocycles. The highest BCUT2D eigenvalue weighted by Gasteiger charge is 2.19. The van der Waals surface area contributed by atoms with Gasteiger partial charge in [0.2, 0.25) is 0 Å². The molecule has 0 aliphatic rings. The van der Waals surface area contributed by atoms with Gasteiger partial charge in [-0.3, -0.25) is 4.68 Å². The summed E-state index contributed by atoms with van der Waals surface area (Å²) in [6.07, 6.45) is 6.56. The van der Waals surface area contributed by atoms with E-state index in [1.165, 1.54) is 18.4 Å². The van der Waals surface area contributed by atoms with Crippen molar-refractivity contribution in [2.45, 2.75) is 46.2 Å². The fraction of sp³-hybridized carbons (Fsp3) is 0.750. The van der Waals surface area contributed by atoms with Gasteiger partial charge in [-0.05, 0) is 19.9 Å². The van der Waals surface area contributed by atoms with Crippen LogP contribution < -0.4 is 5.32 Å². The fourth-order valence-corrected chi connectivity index (χ4v) is 2.15. The molecule has 1 unspecified atom stereocenters. The lowest BCUT2D eigenvalue weighted by molar-refractivity contribution is 0.359. The Balaban J connectivity index is 2.81. The first-order valence-electron chi connectivity index (χ1n) is 5.96. The largest absolute Gasteiger partial charge is 0.313 e. The van der Waals surface area contributed by atoms with Gasteiger partial charge in [0.1, 0.15) is 0 Å². The van der Waals surface area contributed by atoms with Crippen molar-refractivity contribution in [3.8, 4) is 0 Å². The van der Waals surface area contributed by atoms with Crippen molar-refractivity contribution < 1.29 is 0 Å². The lowest BCUT2D eigenvalue weighted by atomic mass is 9.90. The molecule has 0 fully saturated rings. The number of hydrogen-bond acceptors (Lipinski definition) is 2. The molecule has 86 valence electrons. The van der Waals surface area contributed by atoms with Crippen LogP contribution in [-0.2, 0) is 6.54 Å². The van der Waals surface area contributed by atoms with E-state index in [4.69, 9.17) is 0 Å². The molecule has 1 atom stereocenters. The lowest BCUT2D eigenvalue weighted by Crippen LogP contribution is -2.24. The fourth-order valence-electron chi connectivity index (χ4n) is 2.15. The minimum absolute atomic E-state index is 0.445. The Kier molecular flexibility index (Phi) is 4.82. The van der Waals surface area contributed by atoms with E-state index in [1.54, 1.807) is 0 Å². The third kappa shape index (κ3) is 2.81. The maximum Gasteiger partial charge on any atom is 0.0537 e. The predicted molar refractivity (Wildman–Crippen MR) is 63.8 cm³/mol. The second kappa shape index (κ2) is 5.91. The number of aryl methyl sites for hydroxylation is 1. The summed E-state index contributed by atoms with van der Waals surface area (Å²) in [6.45, 7) is 7.56. The maximum atomic E-state index is 4.33. The van der Waals surface area contributed by atoms with Crippen LogP contribution in [0.4, 0.5) is 0 Å². The third-order valence-electron chi connectivity index (χ3n) is 3.17. The van der Waals surface area contributed by atoms with Gasteiger partial charge in [0.15, 0.2) is 0 Å². The highest BCUT2D eigenvalue weighted by atomic mass is 15.3. The van der Waals surface area contributed by atoms with Crippen LogP contribution in [0.1, 0.15) is 45.2 Å². The smallest absolute Gasteiger partial charge is 0.0537 e. The molecule has 0 saturated carbocycles. The topological polar surface area (TPSA) is 29.9 Å². The van der Waals surface area contributed by atoms with Crippen molar-refractivity contribution >= 4 is 0 Å². The van der Waals surface area contributed by atoms with Crippen molar-refractivity contribution in [1.29, 1.82) is 0 Å². The van der Waals surface area contributed by atoms with E-state index >= 15 is 0 Å².